The summed E-state index contributed by atoms with van der Waals surface area (Å²) in [5, 5.41) is 0. The van der Waals surface area contributed by atoms with Crippen molar-refractivity contribution in [1.82, 2.24) is 9.55 Å². The first-order valence-corrected chi connectivity index (χ1v) is 5.72. The van der Waals surface area contributed by atoms with Crippen molar-refractivity contribution in [3.8, 4) is 5.75 Å². The van der Waals surface area contributed by atoms with Crippen LogP contribution in [0.25, 0.3) is 11.0 Å². The van der Waals surface area contributed by atoms with E-state index in [0.717, 1.165) is 18.5 Å². The molecule has 18 heavy (non-hydrogen) atoms. The lowest BCUT2D eigenvalue weighted by molar-refractivity contribution is 0.1000. The number of amides is 1. The van der Waals surface area contributed by atoms with Crippen molar-refractivity contribution in [2.75, 3.05) is 12.8 Å². The largest absolute Gasteiger partial charge is 0.494 e. The number of hydrogen-bond acceptors (Lipinski definition) is 4. The summed E-state index contributed by atoms with van der Waals surface area (Å²) in [7, 11) is 1.54. The molecule has 0 unspecified atom stereocenters. The van der Waals surface area contributed by atoms with Gasteiger partial charge in [0.05, 0.1) is 12.6 Å². The van der Waals surface area contributed by atoms with Crippen LogP contribution in [0.1, 0.15) is 23.7 Å². The number of carbonyl (C=O) groups excluding carboxylic acids is 1. The van der Waals surface area contributed by atoms with Crippen LogP contribution in [0, 0.1) is 0 Å². The highest BCUT2D eigenvalue weighted by molar-refractivity contribution is 5.98. The number of carbonyl (C=O) groups is 1. The van der Waals surface area contributed by atoms with Crippen molar-refractivity contribution in [3.63, 3.8) is 0 Å². The van der Waals surface area contributed by atoms with Crippen LogP contribution in [-0.4, -0.2) is 22.6 Å². The number of anilines is 1. The van der Waals surface area contributed by atoms with Crippen molar-refractivity contribution >= 4 is 22.9 Å². The van der Waals surface area contributed by atoms with Crippen molar-refractivity contribution in [3.05, 3.63) is 17.7 Å². The van der Waals surface area contributed by atoms with Gasteiger partial charge in [0.25, 0.3) is 0 Å². The van der Waals surface area contributed by atoms with E-state index in [0.29, 0.717) is 22.8 Å². The molecule has 0 saturated heterocycles. The molecule has 2 rings (SSSR count). The van der Waals surface area contributed by atoms with Gasteiger partial charge in [0, 0.05) is 12.1 Å². The summed E-state index contributed by atoms with van der Waals surface area (Å²) in [5.74, 6) is 0.449. The summed E-state index contributed by atoms with van der Waals surface area (Å²) in [5.41, 5.74) is 12.9. The number of hydrogen-bond donors (Lipinski definition) is 2. The van der Waals surface area contributed by atoms with Gasteiger partial charge in [-0.3, -0.25) is 4.79 Å². The van der Waals surface area contributed by atoms with Gasteiger partial charge >= 0.3 is 0 Å². The third-order valence-corrected chi connectivity index (χ3v) is 2.79. The minimum atomic E-state index is -0.515. The molecule has 1 aromatic heterocycles. The molecule has 2 aromatic rings. The molecule has 0 bridgehead atoms. The maximum absolute atomic E-state index is 11.2. The summed E-state index contributed by atoms with van der Waals surface area (Å²) in [6.07, 6.45) is 0.927. The van der Waals surface area contributed by atoms with Gasteiger partial charge in [-0.15, -0.1) is 0 Å². The van der Waals surface area contributed by atoms with Crippen molar-refractivity contribution < 1.29 is 9.53 Å². The molecule has 6 nitrogen and oxygen atoms in total. The zero-order valence-electron chi connectivity index (χ0n) is 10.4. The molecule has 6 heteroatoms. The van der Waals surface area contributed by atoms with Gasteiger partial charge in [0.2, 0.25) is 11.9 Å². The lowest BCUT2D eigenvalue weighted by Crippen LogP contribution is -2.11. The summed E-state index contributed by atoms with van der Waals surface area (Å²) < 4.78 is 7.17. The van der Waals surface area contributed by atoms with Gasteiger partial charge in [-0.05, 0) is 18.6 Å². The molecule has 96 valence electrons. The first-order chi connectivity index (χ1) is 8.58. The van der Waals surface area contributed by atoms with Crippen LogP contribution in [0.5, 0.6) is 5.75 Å². The Labute approximate surface area is 105 Å². The number of imidazole rings is 1. The summed E-state index contributed by atoms with van der Waals surface area (Å²) in [6.45, 7) is 2.80. The lowest BCUT2D eigenvalue weighted by atomic mass is 10.1. The fourth-order valence-electron chi connectivity index (χ4n) is 2.00. The van der Waals surface area contributed by atoms with E-state index < -0.39 is 5.91 Å². The Morgan fingerprint density at radius 2 is 2.22 bits per heavy atom. The van der Waals surface area contributed by atoms with E-state index in [9.17, 15) is 4.79 Å². The molecule has 0 aliphatic rings. The maximum Gasteiger partial charge on any atom is 0.248 e. The minimum Gasteiger partial charge on any atom is -0.494 e. The quantitative estimate of drug-likeness (QED) is 0.847. The molecule has 1 amide bonds. The summed E-state index contributed by atoms with van der Waals surface area (Å²) >= 11 is 0. The predicted molar refractivity (Wildman–Crippen MR) is 69.5 cm³/mol. The molecule has 0 radical (unpaired) electrons. The van der Waals surface area contributed by atoms with Crippen LogP contribution in [-0.2, 0) is 6.54 Å². The smallest absolute Gasteiger partial charge is 0.248 e. The first kappa shape index (κ1) is 12.2. The van der Waals surface area contributed by atoms with Crippen LogP contribution >= 0.6 is 0 Å². The Morgan fingerprint density at radius 1 is 1.50 bits per heavy atom. The van der Waals surface area contributed by atoms with Crippen LogP contribution in [0.3, 0.4) is 0 Å². The highest BCUT2D eigenvalue weighted by atomic mass is 16.5. The fourth-order valence-corrected chi connectivity index (χ4v) is 2.00. The van der Waals surface area contributed by atoms with Crippen LogP contribution < -0.4 is 16.2 Å². The maximum atomic E-state index is 11.2. The van der Waals surface area contributed by atoms with E-state index in [1.54, 1.807) is 19.2 Å². The number of nitrogens with two attached hydrogens (primary N) is 2. The molecule has 0 atom stereocenters. The number of aryl methyl sites for hydroxylation is 1. The number of ether oxygens (including phenoxy) is 1. The molecule has 0 aliphatic carbocycles. The Morgan fingerprint density at radius 3 is 2.78 bits per heavy atom. The third-order valence-electron chi connectivity index (χ3n) is 2.79. The molecule has 4 N–H and O–H groups in total. The molecule has 0 saturated carbocycles. The Bertz CT molecular complexity index is 604. The van der Waals surface area contributed by atoms with E-state index in [4.69, 9.17) is 16.2 Å². The topological polar surface area (TPSA) is 96.2 Å². The number of benzene rings is 1. The number of nitrogen functional groups attached to an aromatic ring is 1. The van der Waals surface area contributed by atoms with Gasteiger partial charge in [-0.25, -0.2) is 4.98 Å². The highest BCUT2D eigenvalue weighted by Gasteiger charge is 2.15. The van der Waals surface area contributed by atoms with E-state index in [-0.39, 0.29) is 0 Å². The average molecular weight is 248 g/mol. The van der Waals surface area contributed by atoms with Crippen molar-refractivity contribution in [2.45, 2.75) is 19.9 Å². The van der Waals surface area contributed by atoms with Crippen molar-refractivity contribution in [2.24, 2.45) is 5.73 Å². The first-order valence-electron chi connectivity index (χ1n) is 5.72. The van der Waals surface area contributed by atoms with E-state index in [1.165, 1.54) is 0 Å². The van der Waals surface area contributed by atoms with Gasteiger partial charge < -0.3 is 20.8 Å². The fraction of sp³-hybridized carbons (Fsp3) is 0.333. The zero-order valence-corrected chi connectivity index (χ0v) is 10.4. The third kappa shape index (κ3) is 1.85. The second-order valence-corrected chi connectivity index (χ2v) is 4.03. The van der Waals surface area contributed by atoms with Crippen LogP contribution in [0.4, 0.5) is 5.95 Å². The number of nitrogens with zero attached hydrogens (tertiary/aromatic N) is 2. The van der Waals surface area contributed by atoms with Gasteiger partial charge in [0.15, 0.2) is 0 Å². The van der Waals surface area contributed by atoms with Crippen LogP contribution in [0.15, 0.2) is 12.1 Å². The van der Waals surface area contributed by atoms with Crippen LogP contribution in [0.2, 0.25) is 0 Å². The number of methoxy groups -OCH3 is 1. The number of rotatable bonds is 4. The zero-order chi connectivity index (χ0) is 13.3. The Hall–Kier alpha value is -2.24. The summed E-state index contributed by atoms with van der Waals surface area (Å²) in [4.78, 5) is 15.5. The molecule has 1 heterocycles. The van der Waals surface area contributed by atoms with E-state index >= 15 is 0 Å². The van der Waals surface area contributed by atoms with Gasteiger partial charge in [0.1, 0.15) is 11.3 Å². The van der Waals surface area contributed by atoms with Gasteiger partial charge in [-0.1, -0.05) is 6.92 Å². The van der Waals surface area contributed by atoms with E-state index in [2.05, 4.69) is 11.9 Å². The standard InChI is InChI=1S/C12H16N4O2/c1-3-4-16-10-8(15-12(16)14)5-7(11(13)17)6-9(10)18-2/h5-6H,3-4H2,1-2H3,(H2,13,17)(H2,14,15). The Kier molecular flexibility index (Phi) is 3.10. The second-order valence-electron chi connectivity index (χ2n) is 4.03. The molecular weight excluding hydrogens is 232 g/mol. The molecule has 0 spiro atoms. The van der Waals surface area contributed by atoms with Gasteiger partial charge in [-0.2, -0.15) is 0 Å². The van der Waals surface area contributed by atoms with Crippen molar-refractivity contribution in [1.29, 1.82) is 0 Å². The second kappa shape index (κ2) is 4.56. The summed E-state index contributed by atoms with van der Waals surface area (Å²) in [6, 6.07) is 3.24. The SMILES string of the molecule is CCCn1c(N)nc2cc(C(N)=O)cc(OC)c21. The predicted octanol–water partition coefficient (Wildman–Crippen LogP) is 1.14. The Balaban J connectivity index is 2.75. The minimum absolute atomic E-state index is 0.362. The lowest BCUT2D eigenvalue weighted by Gasteiger charge is -2.08. The highest BCUT2D eigenvalue weighted by Crippen LogP contribution is 2.29. The average Bonchev–Trinajstić information content (AvgIpc) is 2.65. The number of fused-ring (bicyclic) bond motifs is 1. The monoisotopic (exact) mass is 248 g/mol. The number of aromatic nitrogens is 2. The number of primary amides is 1. The molecule has 1 aromatic carbocycles. The normalized spacial score (nSPS) is 10.8. The van der Waals surface area contributed by atoms with E-state index in [1.807, 2.05) is 4.57 Å². The molecule has 0 fully saturated rings. The molecule has 0 aliphatic heterocycles. The molecular formula is C12H16N4O2.